The van der Waals surface area contributed by atoms with Gasteiger partial charge in [0.05, 0.1) is 18.1 Å². The van der Waals surface area contributed by atoms with Crippen molar-refractivity contribution in [1.29, 1.82) is 0 Å². The summed E-state index contributed by atoms with van der Waals surface area (Å²) in [4.78, 5) is 51.9. The third-order valence-corrected chi connectivity index (χ3v) is 9.40. The molecule has 1 saturated carbocycles. The molecule has 0 bridgehead atoms. The van der Waals surface area contributed by atoms with Gasteiger partial charge in [-0.3, -0.25) is 9.59 Å². The summed E-state index contributed by atoms with van der Waals surface area (Å²) >= 11 is 0. The van der Waals surface area contributed by atoms with Crippen LogP contribution in [0.15, 0.2) is 23.3 Å². The molecule has 3 aliphatic rings. The SMILES string of the molecule is C/C=C(/C)C(=O)O[C@H]1[C@H](O)[C@H]2O[C@]2(C)[C@@H](OC(=O)/C(C)=C\C)[C@@H](OC(=O)[C@H](C)CC)[C@@H]([C@]2(C)CO2)C[C@@H](OC(C)=O)[C@]1(C)O. The Morgan fingerprint density at radius 2 is 1.45 bits per heavy atom. The zero-order valence-corrected chi connectivity index (χ0v) is 27.4. The van der Waals surface area contributed by atoms with Crippen LogP contribution in [-0.2, 0) is 47.6 Å². The number of carbonyl (C=O) groups excluding carboxylic acids is 4. The highest BCUT2D eigenvalue weighted by atomic mass is 16.7. The molecular formula is C32H48O12. The van der Waals surface area contributed by atoms with Crippen molar-refractivity contribution < 1.29 is 57.8 Å². The van der Waals surface area contributed by atoms with Crippen LogP contribution in [0.3, 0.4) is 0 Å². The summed E-state index contributed by atoms with van der Waals surface area (Å²) in [5.41, 5.74) is -4.05. The van der Waals surface area contributed by atoms with Gasteiger partial charge in [0, 0.05) is 24.0 Å². The quantitative estimate of drug-likeness (QED) is 0.167. The standard InChI is InChI=1S/C32H48O12/c1-11-16(4)27(35)41-23-20(30(8)15-39-30)14-21(40-19(7)33)31(9,38)24(42-28(36)17(5)12-2)22(34)25-32(10,44-25)26(23)43-29(37)18(6)13-3/h12-13,16,20-26,34,38H,11,14-15H2,1-10H3/b17-12-,18-13-/t16-,20+,21-,22+,23+,24+,25-,26+,30+,31+,32+/m1/s1. The van der Waals surface area contributed by atoms with Gasteiger partial charge in [0.25, 0.3) is 0 Å². The molecule has 248 valence electrons. The molecule has 3 rings (SSSR count). The minimum Gasteiger partial charge on any atom is -0.459 e. The maximum absolute atomic E-state index is 13.3. The van der Waals surface area contributed by atoms with Crippen LogP contribution in [0.5, 0.6) is 0 Å². The second kappa shape index (κ2) is 13.3. The lowest BCUT2D eigenvalue weighted by atomic mass is 9.72. The summed E-state index contributed by atoms with van der Waals surface area (Å²) in [6, 6.07) is 0. The van der Waals surface area contributed by atoms with E-state index in [9.17, 15) is 29.4 Å². The van der Waals surface area contributed by atoms with Crippen LogP contribution >= 0.6 is 0 Å². The Morgan fingerprint density at radius 3 is 1.91 bits per heavy atom. The first-order valence-electron chi connectivity index (χ1n) is 15.2. The lowest BCUT2D eigenvalue weighted by molar-refractivity contribution is -0.216. The molecule has 0 aromatic carbocycles. The van der Waals surface area contributed by atoms with Crippen molar-refractivity contribution in [3.63, 3.8) is 0 Å². The first-order chi connectivity index (χ1) is 20.4. The van der Waals surface area contributed by atoms with E-state index in [2.05, 4.69) is 0 Å². The van der Waals surface area contributed by atoms with Crippen molar-refractivity contribution in [2.24, 2.45) is 11.8 Å². The predicted octanol–water partition coefficient (Wildman–Crippen LogP) is 2.71. The number of hydrogen-bond donors (Lipinski definition) is 2. The third kappa shape index (κ3) is 7.19. The summed E-state index contributed by atoms with van der Waals surface area (Å²) in [6.45, 7) is 16.0. The Kier molecular flexibility index (Phi) is 10.8. The summed E-state index contributed by atoms with van der Waals surface area (Å²) in [6.07, 6.45) is -4.99. The maximum Gasteiger partial charge on any atom is 0.333 e. The maximum atomic E-state index is 13.3. The van der Waals surface area contributed by atoms with Crippen LogP contribution in [0.2, 0.25) is 0 Å². The molecule has 12 nitrogen and oxygen atoms in total. The molecule has 0 unspecified atom stereocenters. The highest BCUT2D eigenvalue weighted by Crippen LogP contribution is 2.53. The molecule has 0 amide bonds. The molecule has 3 fully saturated rings. The van der Waals surface area contributed by atoms with Gasteiger partial charge in [0.15, 0.2) is 12.2 Å². The largest absolute Gasteiger partial charge is 0.459 e. The van der Waals surface area contributed by atoms with E-state index in [1.165, 1.54) is 19.9 Å². The van der Waals surface area contributed by atoms with Crippen molar-refractivity contribution >= 4 is 23.9 Å². The number of fused-ring (bicyclic) bond motifs is 1. The number of rotatable bonds is 9. The van der Waals surface area contributed by atoms with Crippen LogP contribution in [0.1, 0.15) is 82.1 Å². The second-order valence-electron chi connectivity index (χ2n) is 12.8. The number of hydrogen-bond acceptors (Lipinski definition) is 12. The van der Waals surface area contributed by atoms with E-state index in [1.807, 2.05) is 6.92 Å². The van der Waals surface area contributed by atoms with E-state index in [1.54, 1.807) is 47.6 Å². The van der Waals surface area contributed by atoms with Crippen molar-refractivity contribution in [3.8, 4) is 0 Å². The van der Waals surface area contributed by atoms with Gasteiger partial charge in [-0.25, -0.2) is 9.59 Å². The van der Waals surface area contributed by atoms with Gasteiger partial charge in [0.1, 0.15) is 35.6 Å². The number of aliphatic hydroxyl groups excluding tert-OH is 1. The van der Waals surface area contributed by atoms with Gasteiger partial charge in [-0.05, 0) is 61.3 Å². The van der Waals surface area contributed by atoms with Crippen LogP contribution in [-0.4, -0.2) is 94.1 Å². The Labute approximate surface area is 259 Å². The molecule has 1 aliphatic carbocycles. The fraction of sp³-hybridized carbons (Fsp3) is 0.750. The smallest absolute Gasteiger partial charge is 0.333 e. The fourth-order valence-electron chi connectivity index (χ4n) is 5.58. The molecule has 0 spiro atoms. The number of carbonyl (C=O) groups is 4. The molecule has 11 atom stereocenters. The van der Waals surface area contributed by atoms with Gasteiger partial charge in [-0.1, -0.05) is 26.0 Å². The molecule has 0 radical (unpaired) electrons. The second-order valence-corrected chi connectivity index (χ2v) is 12.8. The van der Waals surface area contributed by atoms with Gasteiger partial charge >= 0.3 is 23.9 Å². The van der Waals surface area contributed by atoms with Gasteiger partial charge in [0.2, 0.25) is 0 Å². The van der Waals surface area contributed by atoms with Crippen molar-refractivity contribution in [2.75, 3.05) is 6.61 Å². The predicted molar refractivity (Wildman–Crippen MR) is 156 cm³/mol. The van der Waals surface area contributed by atoms with E-state index >= 15 is 0 Å². The number of epoxide rings is 2. The van der Waals surface area contributed by atoms with E-state index in [-0.39, 0.29) is 24.2 Å². The number of ether oxygens (including phenoxy) is 6. The zero-order chi connectivity index (χ0) is 33.4. The average Bonchev–Trinajstić information content (AvgIpc) is 3.89. The molecule has 2 saturated heterocycles. The zero-order valence-electron chi connectivity index (χ0n) is 27.4. The molecule has 0 aromatic rings. The summed E-state index contributed by atoms with van der Waals surface area (Å²) in [5, 5.41) is 23.7. The Bertz CT molecular complexity index is 1180. The molecule has 44 heavy (non-hydrogen) atoms. The Morgan fingerprint density at radius 1 is 0.932 bits per heavy atom. The summed E-state index contributed by atoms with van der Waals surface area (Å²) < 4.78 is 35.4. The third-order valence-electron chi connectivity index (χ3n) is 9.40. The molecule has 2 aliphatic heterocycles. The highest BCUT2D eigenvalue weighted by molar-refractivity contribution is 5.88. The monoisotopic (exact) mass is 624 g/mol. The van der Waals surface area contributed by atoms with Crippen molar-refractivity contribution in [2.45, 2.75) is 136 Å². The van der Waals surface area contributed by atoms with E-state index in [0.29, 0.717) is 6.42 Å². The topological polar surface area (TPSA) is 171 Å². The normalized spacial score (nSPS) is 39.7. The molecule has 2 N–H and O–H groups in total. The fourth-order valence-corrected chi connectivity index (χ4v) is 5.58. The number of aliphatic hydroxyl groups is 2. The molecule has 0 aromatic heterocycles. The highest BCUT2D eigenvalue weighted by Gasteiger charge is 2.71. The van der Waals surface area contributed by atoms with E-state index in [4.69, 9.17) is 28.4 Å². The van der Waals surface area contributed by atoms with E-state index in [0.717, 1.165) is 6.92 Å². The number of esters is 4. The lowest BCUT2D eigenvalue weighted by Gasteiger charge is -2.45. The van der Waals surface area contributed by atoms with Gasteiger partial charge in [-0.15, -0.1) is 0 Å². The minimum absolute atomic E-state index is 0.178. The first-order valence-corrected chi connectivity index (χ1v) is 15.2. The summed E-state index contributed by atoms with van der Waals surface area (Å²) in [5.74, 6) is -4.13. The molecule has 2 heterocycles. The summed E-state index contributed by atoms with van der Waals surface area (Å²) in [7, 11) is 0. The lowest BCUT2D eigenvalue weighted by Crippen LogP contribution is -2.63. The van der Waals surface area contributed by atoms with Gasteiger partial charge < -0.3 is 38.6 Å². The van der Waals surface area contributed by atoms with E-state index < -0.39 is 89.1 Å². The Hall–Kier alpha value is -2.80. The molecule has 12 heteroatoms. The van der Waals surface area contributed by atoms with Gasteiger partial charge in [-0.2, -0.15) is 0 Å². The Balaban J connectivity index is 2.26. The van der Waals surface area contributed by atoms with Crippen molar-refractivity contribution in [3.05, 3.63) is 23.3 Å². The first kappa shape index (κ1) is 35.7. The van der Waals surface area contributed by atoms with Crippen LogP contribution in [0.4, 0.5) is 0 Å². The van der Waals surface area contributed by atoms with Crippen LogP contribution < -0.4 is 0 Å². The molecular weight excluding hydrogens is 576 g/mol. The minimum atomic E-state index is -2.17. The number of allylic oxidation sites excluding steroid dienone is 2. The van der Waals surface area contributed by atoms with Crippen LogP contribution in [0.25, 0.3) is 0 Å². The average molecular weight is 625 g/mol. The van der Waals surface area contributed by atoms with Crippen LogP contribution in [0, 0.1) is 11.8 Å². The van der Waals surface area contributed by atoms with Crippen molar-refractivity contribution in [1.82, 2.24) is 0 Å².